The zero-order chi connectivity index (χ0) is 14.8. The number of nitrogens with two attached hydrogens (primary N) is 1. The minimum Gasteiger partial charge on any atom is -0.486 e. The van der Waals surface area contributed by atoms with Crippen LogP contribution in [-0.2, 0) is 0 Å². The Kier molecular flexibility index (Phi) is 3.58. The van der Waals surface area contributed by atoms with Crippen molar-refractivity contribution in [2.24, 2.45) is 0 Å². The molecule has 21 heavy (non-hydrogen) atoms. The summed E-state index contributed by atoms with van der Waals surface area (Å²) in [6.07, 6.45) is 0. The van der Waals surface area contributed by atoms with Crippen molar-refractivity contribution >= 4 is 28.9 Å². The van der Waals surface area contributed by atoms with E-state index in [9.17, 15) is 4.79 Å². The molecule has 6 heteroatoms. The SMILES string of the molecule is Nc1cc(C(=O)Nc2ccc3c(c2)OCCO3)ccc1Cl. The van der Waals surface area contributed by atoms with Gasteiger partial charge in [-0.15, -0.1) is 0 Å². The molecule has 0 aromatic heterocycles. The molecule has 2 aromatic rings. The lowest BCUT2D eigenvalue weighted by atomic mass is 10.2. The molecule has 0 saturated carbocycles. The van der Waals surface area contributed by atoms with Gasteiger partial charge in [-0.25, -0.2) is 0 Å². The first kappa shape index (κ1) is 13.6. The molecule has 1 heterocycles. The number of carbonyl (C=O) groups excluding carboxylic acids is 1. The van der Waals surface area contributed by atoms with E-state index < -0.39 is 0 Å². The summed E-state index contributed by atoms with van der Waals surface area (Å²) in [5.41, 5.74) is 7.12. The fraction of sp³-hybridized carbons (Fsp3) is 0.133. The van der Waals surface area contributed by atoms with Gasteiger partial charge < -0.3 is 20.5 Å². The van der Waals surface area contributed by atoms with Crippen LogP contribution in [0.15, 0.2) is 36.4 Å². The van der Waals surface area contributed by atoms with E-state index in [4.69, 9.17) is 26.8 Å². The normalized spacial score (nSPS) is 12.8. The third-order valence-corrected chi connectivity index (χ3v) is 3.40. The van der Waals surface area contributed by atoms with Gasteiger partial charge in [0.1, 0.15) is 13.2 Å². The van der Waals surface area contributed by atoms with E-state index in [1.807, 2.05) is 0 Å². The van der Waals surface area contributed by atoms with Gasteiger partial charge in [-0.05, 0) is 30.3 Å². The summed E-state index contributed by atoms with van der Waals surface area (Å²) in [6, 6.07) is 9.99. The highest BCUT2D eigenvalue weighted by molar-refractivity contribution is 6.33. The second-order valence-electron chi connectivity index (χ2n) is 4.55. The average Bonchev–Trinajstić information content (AvgIpc) is 2.50. The van der Waals surface area contributed by atoms with Crippen molar-refractivity contribution in [3.63, 3.8) is 0 Å². The monoisotopic (exact) mass is 304 g/mol. The first-order valence-corrected chi connectivity index (χ1v) is 6.77. The molecule has 1 amide bonds. The Hall–Kier alpha value is -2.40. The van der Waals surface area contributed by atoms with E-state index in [-0.39, 0.29) is 5.91 Å². The van der Waals surface area contributed by atoms with Crippen molar-refractivity contribution in [1.82, 2.24) is 0 Å². The van der Waals surface area contributed by atoms with Crippen molar-refractivity contribution in [2.45, 2.75) is 0 Å². The summed E-state index contributed by atoms with van der Waals surface area (Å²) >= 11 is 5.84. The molecule has 0 aliphatic carbocycles. The minimum absolute atomic E-state index is 0.268. The lowest BCUT2D eigenvalue weighted by Crippen LogP contribution is -2.16. The van der Waals surface area contributed by atoms with E-state index in [2.05, 4.69) is 5.32 Å². The number of rotatable bonds is 2. The predicted octanol–water partition coefficient (Wildman–Crippen LogP) is 2.95. The summed E-state index contributed by atoms with van der Waals surface area (Å²) in [4.78, 5) is 12.2. The second kappa shape index (κ2) is 5.54. The molecule has 1 aliphatic heterocycles. The Morgan fingerprint density at radius 1 is 1.10 bits per heavy atom. The Labute approximate surface area is 126 Å². The van der Waals surface area contributed by atoms with Gasteiger partial charge in [0.15, 0.2) is 11.5 Å². The van der Waals surface area contributed by atoms with Crippen LogP contribution in [0.5, 0.6) is 11.5 Å². The number of ether oxygens (including phenoxy) is 2. The standard InChI is InChI=1S/C15H13ClN2O3/c16-11-3-1-9(7-12(11)17)15(19)18-10-2-4-13-14(8-10)21-6-5-20-13/h1-4,7-8H,5-6,17H2,(H,18,19). The van der Waals surface area contributed by atoms with Crippen LogP contribution < -0.4 is 20.5 Å². The van der Waals surface area contributed by atoms with Crippen molar-refractivity contribution in [2.75, 3.05) is 24.3 Å². The van der Waals surface area contributed by atoms with Crippen LogP contribution in [0, 0.1) is 0 Å². The van der Waals surface area contributed by atoms with Crippen LogP contribution >= 0.6 is 11.6 Å². The van der Waals surface area contributed by atoms with Crippen LogP contribution in [0.4, 0.5) is 11.4 Å². The number of halogens is 1. The van der Waals surface area contributed by atoms with Crippen molar-refractivity contribution in [3.8, 4) is 11.5 Å². The number of carbonyl (C=O) groups is 1. The zero-order valence-electron chi connectivity index (χ0n) is 11.1. The van der Waals surface area contributed by atoms with E-state index in [1.54, 1.807) is 30.3 Å². The molecule has 3 N–H and O–H groups in total. The average molecular weight is 305 g/mol. The fourth-order valence-corrected chi connectivity index (χ4v) is 2.13. The summed E-state index contributed by atoms with van der Waals surface area (Å²) in [5.74, 6) is 1.03. The molecule has 0 radical (unpaired) electrons. The lowest BCUT2D eigenvalue weighted by Gasteiger charge is -2.19. The summed E-state index contributed by atoms with van der Waals surface area (Å²) < 4.78 is 10.9. The number of anilines is 2. The van der Waals surface area contributed by atoms with Gasteiger partial charge in [-0.1, -0.05) is 11.6 Å². The van der Waals surface area contributed by atoms with Gasteiger partial charge in [0, 0.05) is 17.3 Å². The van der Waals surface area contributed by atoms with E-state index in [0.29, 0.717) is 46.7 Å². The highest BCUT2D eigenvalue weighted by atomic mass is 35.5. The van der Waals surface area contributed by atoms with E-state index in [1.165, 1.54) is 6.07 Å². The van der Waals surface area contributed by atoms with Gasteiger partial charge in [0.05, 0.1) is 10.7 Å². The summed E-state index contributed by atoms with van der Waals surface area (Å²) in [6.45, 7) is 1.03. The Morgan fingerprint density at radius 2 is 1.86 bits per heavy atom. The Morgan fingerprint density at radius 3 is 2.62 bits per heavy atom. The maximum Gasteiger partial charge on any atom is 0.255 e. The fourth-order valence-electron chi connectivity index (χ4n) is 2.01. The maximum atomic E-state index is 12.2. The quantitative estimate of drug-likeness (QED) is 0.837. The van der Waals surface area contributed by atoms with Crippen molar-refractivity contribution in [1.29, 1.82) is 0 Å². The number of hydrogen-bond acceptors (Lipinski definition) is 4. The molecular weight excluding hydrogens is 292 g/mol. The molecule has 0 bridgehead atoms. The third kappa shape index (κ3) is 2.87. The first-order valence-electron chi connectivity index (χ1n) is 6.39. The van der Waals surface area contributed by atoms with Crippen LogP contribution in [0.25, 0.3) is 0 Å². The van der Waals surface area contributed by atoms with Gasteiger partial charge in [-0.3, -0.25) is 4.79 Å². The maximum absolute atomic E-state index is 12.2. The molecule has 108 valence electrons. The highest BCUT2D eigenvalue weighted by Crippen LogP contribution is 2.32. The van der Waals surface area contributed by atoms with Crippen LogP contribution in [0.3, 0.4) is 0 Å². The molecule has 3 rings (SSSR count). The van der Waals surface area contributed by atoms with E-state index >= 15 is 0 Å². The zero-order valence-corrected chi connectivity index (χ0v) is 11.8. The van der Waals surface area contributed by atoms with Gasteiger partial charge in [0.25, 0.3) is 5.91 Å². The van der Waals surface area contributed by atoms with Crippen LogP contribution in [0.2, 0.25) is 5.02 Å². The molecule has 5 nitrogen and oxygen atoms in total. The van der Waals surface area contributed by atoms with Crippen LogP contribution in [0.1, 0.15) is 10.4 Å². The number of benzene rings is 2. The summed E-state index contributed by atoms with van der Waals surface area (Å²) in [7, 11) is 0. The van der Waals surface area contributed by atoms with Gasteiger partial charge in [0.2, 0.25) is 0 Å². The van der Waals surface area contributed by atoms with E-state index in [0.717, 1.165) is 0 Å². The number of amides is 1. The number of fused-ring (bicyclic) bond motifs is 1. The molecule has 0 saturated heterocycles. The second-order valence-corrected chi connectivity index (χ2v) is 4.96. The van der Waals surface area contributed by atoms with Crippen molar-refractivity contribution < 1.29 is 14.3 Å². The van der Waals surface area contributed by atoms with Gasteiger partial charge in [-0.2, -0.15) is 0 Å². The third-order valence-electron chi connectivity index (χ3n) is 3.06. The molecule has 0 atom stereocenters. The largest absolute Gasteiger partial charge is 0.486 e. The number of hydrogen-bond donors (Lipinski definition) is 2. The van der Waals surface area contributed by atoms with Gasteiger partial charge >= 0.3 is 0 Å². The van der Waals surface area contributed by atoms with Crippen LogP contribution in [-0.4, -0.2) is 19.1 Å². The van der Waals surface area contributed by atoms with Crippen molar-refractivity contribution in [3.05, 3.63) is 47.0 Å². The molecule has 2 aromatic carbocycles. The summed E-state index contributed by atoms with van der Waals surface area (Å²) in [5, 5.41) is 3.20. The Balaban J connectivity index is 1.79. The minimum atomic E-state index is -0.268. The number of nitrogens with one attached hydrogen (secondary N) is 1. The molecule has 0 fully saturated rings. The Bertz CT molecular complexity index is 703. The first-order chi connectivity index (χ1) is 10.1. The topological polar surface area (TPSA) is 73.6 Å². The smallest absolute Gasteiger partial charge is 0.255 e. The predicted molar refractivity (Wildman–Crippen MR) is 81.2 cm³/mol. The number of nitrogen functional groups attached to an aromatic ring is 1. The molecule has 0 spiro atoms. The molecule has 0 unspecified atom stereocenters. The lowest BCUT2D eigenvalue weighted by molar-refractivity contribution is 0.102. The highest BCUT2D eigenvalue weighted by Gasteiger charge is 2.13. The molecular formula is C15H13ClN2O3. The molecule has 1 aliphatic rings.